The average molecular weight is 363 g/mol. The molecule has 3 saturated carbocycles. The minimum absolute atomic E-state index is 0.00969. The maximum atomic E-state index is 12.4. The van der Waals surface area contributed by atoms with Gasteiger partial charge in [-0.1, -0.05) is 20.8 Å². The normalized spacial score (nSPS) is 52.0. The molecule has 3 fully saturated rings. The number of alkyl halides is 1. The molecule has 0 spiro atoms. The molecule has 0 N–H and O–H groups in total. The van der Waals surface area contributed by atoms with E-state index in [2.05, 4.69) is 20.8 Å². The zero-order valence-corrected chi connectivity index (χ0v) is 16.7. The summed E-state index contributed by atoms with van der Waals surface area (Å²) >= 11 is 6.85. The Morgan fingerprint density at radius 3 is 2.60 bits per heavy atom. The minimum Gasteiger partial charge on any atom is -0.300 e. The largest absolute Gasteiger partial charge is 0.300 e. The minimum atomic E-state index is -0.00969. The molecule has 25 heavy (non-hydrogen) atoms. The van der Waals surface area contributed by atoms with Crippen molar-refractivity contribution in [2.75, 3.05) is 0 Å². The lowest BCUT2D eigenvalue weighted by atomic mass is 9.46. The quantitative estimate of drug-likeness (QED) is 0.602. The van der Waals surface area contributed by atoms with Crippen LogP contribution in [0.1, 0.15) is 66.2 Å². The molecule has 0 saturated heterocycles. The fraction of sp³-hybridized carbons (Fsp3) is 0.818. The summed E-state index contributed by atoms with van der Waals surface area (Å²) in [5, 5.41) is -0.00969. The van der Waals surface area contributed by atoms with Gasteiger partial charge < -0.3 is 0 Å². The number of carbonyl (C=O) groups is 2. The molecule has 3 heteroatoms. The van der Waals surface area contributed by atoms with Gasteiger partial charge in [-0.05, 0) is 85.2 Å². The number of hydrogen-bond donors (Lipinski definition) is 0. The topological polar surface area (TPSA) is 34.1 Å². The summed E-state index contributed by atoms with van der Waals surface area (Å²) in [6.45, 7) is 8.81. The molecule has 0 bridgehead atoms. The Kier molecular flexibility index (Phi) is 4.04. The summed E-state index contributed by atoms with van der Waals surface area (Å²) in [4.78, 5) is 24.4. The molecule has 0 aliphatic heterocycles. The molecule has 0 radical (unpaired) electrons. The van der Waals surface area contributed by atoms with Gasteiger partial charge in [-0.2, -0.15) is 0 Å². The van der Waals surface area contributed by atoms with Crippen LogP contribution in [0.4, 0.5) is 0 Å². The Balaban J connectivity index is 1.73. The second-order valence-electron chi connectivity index (χ2n) is 9.91. The second kappa shape index (κ2) is 5.68. The van der Waals surface area contributed by atoms with Gasteiger partial charge in [-0.25, -0.2) is 0 Å². The van der Waals surface area contributed by atoms with Crippen molar-refractivity contribution in [1.29, 1.82) is 0 Å². The summed E-state index contributed by atoms with van der Waals surface area (Å²) in [5.74, 6) is 3.16. The fourth-order valence-corrected chi connectivity index (χ4v) is 8.31. The summed E-state index contributed by atoms with van der Waals surface area (Å²) in [5.41, 5.74) is 1.44. The summed E-state index contributed by atoms with van der Waals surface area (Å²) in [6.07, 6.45) is 7.98. The first-order valence-electron chi connectivity index (χ1n) is 10.1. The number of halogens is 1. The molecule has 138 valence electrons. The van der Waals surface area contributed by atoms with Crippen LogP contribution in [0.15, 0.2) is 11.6 Å². The van der Waals surface area contributed by atoms with Gasteiger partial charge in [0.15, 0.2) is 5.78 Å². The highest BCUT2D eigenvalue weighted by atomic mass is 35.5. The van der Waals surface area contributed by atoms with Gasteiger partial charge in [-0.15, -0.1) is 11.6 Å². The third-order valence-electron chi connectivity index (χ3n) is 8.72. The molecule has 0 aromatic rings. The van der Waals surface area contributed by atoms with Crippen LogP contribution < -0.4 is 0 Å². The third kappa shape index (κ3) is 2.35. The molecule has 4 aliphatic rings. The van der Waals surface area contributed by atoms with E-state index in [9.17, 15) is 9.59 Å². The molecule has 0 heterocycles. The molecule has 2 nitrogen and oxygen atoms in total. The van der Waals surface area contributed by atoms with Crippen molar-refractivity contribution in [3.63, 3.8) is 0 Å². The Labute approximate surface area is 156 Å². The molecule has 4 rings (SSSR count). The molecule has 8 atom stereocenters. The Bertz CT molecular complexity index is 652. The van der Waals surface area contributed by atoms with Gasteiger partial charge in [0.05, 0.1) is 5.38 Å². The maximum absolute atomic E-state index is 12.4. The van der Waals surface area contributed by atoms with Crippen LogP contribution in [0.5, 0.6) is 0 Å². The number of carbonyl (C=O) groups excluding carboxylic acids is 2. The van der Waals surface area contributed by atoms with Crippen molar-refractivity contribution in [3.05, 3.63) is 11.6 Å². The molecule has 3 unspecified atom stereocenters. The van der Waals surface area contributed by atoms with Gasteiger partial charge in [0.2, 0.25) is 0 Å². The Morgan fingerprint density at radius 2 is 1.92 bits per heavy atom. The monoisotopic (exact) mass is 362 g/mol. The fourth-order valence-electron chi connectivity index (χ4n) is 7.79. The lowest BCUT2D eigenvalue weighted by Crippen LogP contribution is -2.53. The summed E-state index contributed by atoms with van der Waals surface area (Å²) in [6, 6.07) is 0. The van der Waals surface area contributed by atoms with Crippen molar-refractivity contribution in [2.45, 2.75) is 71.6 Å². The highest BCUT2D eigenvalue weighted by molar-refractivity contribution is 6.23. The van der Waals surface area contributed by atoms with Crippen molar-refractivity contribution in [2.24, 2.45) is 40.4 Å². The molecule has 0 aromatic carbocycles. The van der Waals surface area contributed by atoms with Gasteiger partial charge in [0, 0.05) is 12.3 Å². The highest BCUT2D eigenvalue weighted by Gasteiger charge is 2.62. The number of allylic oxidation sites excluding steroid dienone is 1. The van der Waals surface area contributed by atoms with Crippen LogP contribution in [-0.4, -0.2) is 16.9 Å². The molecule has 0 aromatic heterocycles. The van der Waals surface area contributed by atoms with E-state index in [4.69, 9.17) is 11.6 Å². The first kappa shape index (κ1) is 17.8. The second-order valence-corrected chi connectivity index (χ2v) is 10.4. The predicted molar refractivity (Wildman–Crippen MR) is 100 cm³/mol. The van der Waals surface area contributed by atoms with Crippen molar-refractivity contribution < 1.29 is 9.59 Å². The van der Waals surface area contributed by atoms with Gasteiger partial charge in [0.25, 0.3) is 0 Å². The lowest BCUT2D eigenvalue weighted by molar-refractivity contribution is -0.129. The third-order valence-corrected chi connectivity index (χ3v) is 9.13. The first-order valence-corrected chi connectivity index (χ1v) is 10.5. The number of fused-ring (bicyclic) bond motifs is 5. The standard InChI is InChI=1S/C22H31ClO2/c1-12-9-17-15-11-19(23)18-10-14(25)5-7-21(18,3)16(15)6-8-22(17,4)20(12)13(2)24/h10,12,15-17,19-20H,5-9,11H2,1-4H3/t12-,15?,16+,17+,19+,20-,21?,22?/m1/s1. The number of ketones is 2. The molecule has 4 aliphatic carbocycles. The van der Waals surface area contributed by atoms with Gasteiger partial charge in [-0.3, -0.25) is 9.59 Å². The molecule has 0 amide bonds. The van der Waals surface area contributed by atoms with Crippen molar-refractivity contribution in [3.8, 4) is 0 Å². The Morgan fingerprint density at radius 1 is 1.20 bits per heavy atom. The average Bonchev–Trinajstić information content (AvgIpc) is 2.80. The van der Waals surface area contributed by atoms with Gasteiger partial charge in [0.1, 0.15) is 5.78 Å². The number of rotatable bonds is 1. The van der Waals surface area contributed by atoms with Crippen LogP contribution in [0, 0.1) is 40.4 Å². The molecular formula is C22H31ClO2. The summed E-state index contributed by atoms with van der Waals surface area (Å²) < 4.78 is 0. The van der Waals surface area contributed by atoms with E-state index in [0.717, 1.165) is 19.3 Å². The maximum Gasteiger partial charge on any atom is 0.155 e. The van der Waals surface area contributed by atoms with E-state index in [1.807, 2.05) is 6.08 Å². The highest BCUT2D eigenvalue weighted by Crippen LogP contribution is 2.68. The predicted octanol–water partition coefficient (Wildman–Crippen LogP) is 5.19. The van der Waals surface area contributed by atoms with E-state index in [1.165, 1.54) is 18.4 Å². The van der Waals surface area contributed by atoms with Crippen LogP contribution in [0.3, 0.4) is 0 Å². The number of hydrogen-bond acceptors (Lipinski definition) is 2. The van der Waals surface area contributed by atoms with E-state index in [-0.39, 0.29) is 27.9 Å². The Hall–Kier alpha value is -0.630. The smallest absolute Gasteiger partial charge is 0.155 e. The summed E-state index contributed by atoms with van der Waals surface area (Å²) in [7, 11) is 0. The van der Waals surface area contributed by atoms with E-state index < -0.39 is 0 Å². The first-order chi connectivity index (χ1) is 11.7. The van der Waals surface area contributed by atoms with Crippen molar-refractivity contribution >= 4 is 23.2 Å². The molecular weight excluding hydrogens is 332 g/mol. The zero-order chi connectivity index (χ0) is 18.1. The van der Waals surface area contributed by atoms with E-state index in [1.54, 1.807) is 6.92 Å². The number of Topliss-reactive ketones (excluding diaryl/α,β-unsaturated/α-hetero) is 1. The van der Waals surface area contributed by atoms with Gasteiger partial charge >= 0.3 is 0 Å². The van der Waals surface area contributed by atoms with E-state index in [0.29, 0.717) is 35.9 Å². The van der Waals surface area contributed by atoms with Crippen LogP contribution >= 0.6 is 11.6 Å². The van der Waals surface area contributed by atoms with Crippen LogP contribution in [0.25, 0.3) is 0 Å². The van der Waals surface area contributed by atoms with Crippen molar-refractivity contribution in [1.82, 2.24) is 0 Å². The van der Waals surface area contributed by atoms with E-state index >= 15 is 0 Å². The van der Waals surface area contributed by atoms with Crippen LogP contribution in [-0.2, 0) is 9.59 Å². The lowest BCUT2D eigenvalue weighted by Gasteiger charge is -2.59. The van der Waals surface area contributed by atoms with Crippen LogP contribution in [0.2, 0.25) is 0 Å². The SMILES string of the molecule is CC(=O)[C@H]1[C@H](C)C[C@H]2C3C[C@H](Cl)C4=CC(=O)CCC4(C)[C@H]3CCC21C. The zero-order valence-electron chi connectivity index (χ0n) is 16.0.